The lowest BCUT2D eigenvalue weighted by molar-refractivity contribution is -0.146. The van der Waals surface area contributed by atoms with E-state index in [1.165, 1.54) is 17.4 Å². The zero-order valence-corrected chi connectivity index (χ0v) is 10.5. The predicted octanol–water partition coefficient (Wildman–Crippen LogP) is 3.69. The van der Waals surface area contributed by atoms with E-state index in [-0.39, 0.29) is 5.82 Å². The third kappa shape index (κ3) is 2.31. The van der Waals surface area contributed by atoms with Gasteiger partial charge >= 0.3 is 5.97 Å². The molecule has 0 fully saturated rings. The van der Waals surface area contributed by atoms with Gasteiger partial charge in [-0.1, -0.05) is 12.1 Å². The Bertz CT molecular complexity index is 572. The van der Waals surface area contributed by atoms with Crippen molar-refractivity contribution in [2.75, 3.05) is 0 Å². The highest BCUT2D eigenvalue weighted by Gasteiger charge is 2.28. The first kappa shape index (κ1) is 12.0. The van der Waals surface area contributed by atoms with E-state index in [9.17, 15) is 9.18 Å². The predicted molar refractivity (Wildman–Crippen MR) is 66.9 cm³/mol. The molecular formula is C13H13FO2S. The lowest BCUT2D eigenvalue weighted by Crippen LogP contribution is -2.25. The summed E-state index contributed by atoms with van der Waals surface area (Å²) in [5, 5.41) is 9.90. The molecule has 0 bridgehead atoms. The Labute approximate surface area is 103 Å². The number of fused-ring (bicyclic) bond motifs is 1. The van der Waals surface area contributed by atoms with Gasteiger partial charge in [0.25, 0.3) is 0 Å². The van der Waals surface area contributed by atoms with Crippen molar-refractivity contribution in [1.29, 1.82) is 0 Å². The molecule has 1 aromatic heterocycles. The van der Waals surface area contributed by atoms with E-state index in [0.29, 0.717) is 11.1 Å². The molecule has 17 heavy (non-hydrogen) atoms. The van der Waals surface area contributed by atoms with Gasteiger partial charge < -0.3 is 5.11 Å². The summed E-state index contributed by atoms with van der Waals surface area (Å²) >= 11 is 1.33. The van der Waals surface area contributed by atoms with E-state index in [0.717, 1.165) is 10.3 Å². The Kier molecular flexibility index (Phi) is 2.91. The van der Waals surface area contributed by atoms with Crippen LogP contribution in [0, 0.1) is 11.2 Å². The zero-order valence-electron chi connectivity index (χ0n) is 9.66. The fourth-order valence-electron chi connectivity index (χ4n) is 1.68. The van der Waals surface area contributed by atoms with Crippen molar-refractivity contribution >= 4 is 27.4 Å². The van der Waals surface area contributed by atoms with E-state index in [1.54, 1.807) is 19.9 Å². The summed E-state index contributed by atoms with van der Waals surface area (Å²) in [6.45, 7) is 3.35. The Morgan fingerprint density at radius 1 is 1.47 bits per heavy atom. The van der Waals surface area contributed by atoms with Gasteiger partial charge in [0.05, 0.1) is 10.1 Å². The minimum absolute atomic E-state index is 0.244. The first-order valence-electron chi connectivity index (χ1n) is 5.30. The van der Waals surface area contributed by atoms with Crippen LogP contribution in [-0.2, 0) is 11.2 Å². The highest BCUT2D eigenvalue weighted by atomic mass is 32.1. The number of aliphatic carboxylic acids is 1. The second kappa shape index (κ2) is 4.11. The van der Waals surface area contributed by atoms with Crippen molar-refractivity contribution in [1.82, 2.24) is 0 Å². The lowest BCUT2D eigenvalue weighted by atomic mass is 9.89. The average Bonchev–Trinajstić information content (AvgIpc) is 2.60. The summed E-state index contributed by atoms with van der Waals surface area (Å²) in [6.07, 6.45) is 0.418. The summed E-state index contributed by atoms with van der Waals surface area (Å²) in [4.78, 5) is 11.9. The van der Waals surface area contributed by atoms with Gasteiger partial charge in [0.15, 0.2) is 0 Å². The highest BCUT2D eigenvalue weighted by molar-refractivity contribution is 7.19. The molecule has 2 aromatic rings. The van der Waals surface area contributed by atoms with E-state index < -0.39 is 11.4 Å². The molecule has 0 aliphatic carbocycles. The van der Waals surface area contributed by atoms with Crippen LogP contribution >= 0.6 is 11.3 Å². The minimum atomic E-state index is -0.838. The van der Waals surface area contributed by atoms with E-state index in [1.807, 2.05) is 12.1 Å². The quantitative estimate of drug-likeness (QED) is 0.904. The van der Waals surface area contributed by atoms with Gasteiger partial charge in [0.2, 0.25) is 0 Å². The molecule has 1 heterocycles. The summed E-state index contributed by atoms with van der Waals surface area (Å²) in [7, 11) is 0. The third-order valence-corrected chi connectivity index (χ3v) is 3.90. The lowest BCUT2D eigenvalue weighted by Gasteiger charge is -2.17. The molecule has 0 spiro atoms. The number of rotatable bonds is 3. The molecule has 0 saturated carbocycles. The SMILES string of the molecule is CC(C)(Cc1cc2cccc(F)c2s1)C(=O)O. The van der Waals surface area contributed by atoms with Crippen LogP contribution in [0.1, 0.15) is 18.7 Å². The molecule has 0 atom stereocenters. The van der Waals surface area contributed by atoms with Crippen LogP contribution in [0.2, 0.25) is 0 Å². The Morgan fingerprint density at radius 3 is 2.76 bits per heavy atom. The van der Waals surface area contributed by atoms with Gasteiger partial charge in [0, 0.05) is 4.88 Å². The summed E-state index contributed by atoms with van der Waals surface area (Å²) in [6, 6.07) is 6.79. The maximum absolute atomic E-state index is 13.5. The number of benzene rings is 1. The van der Waals surface area contributed by atoms with Gasteiger partial charge in [-0.05, 0) is 37.8 Å². The molecule has 2 rings (SSSR count). The number of hydrogen-bond acceptors (Lipinski definition) is 2. The van der Waals surface area contributed by atoms with E-state index in [4.69, 9.17) is 5.11 Å². The first-order valence-corrected chi connectivity index (χ1v) is 6.12. The molecule has 2 nitrogen and oxygen atoms in total. The Morgan fingerprint density at radius 2 is 2.18 bits per heavy atom. The van der Waals surface area contributed by atoms with Gasteiger partial charge in [-0.3, -0.25) is 4.79 Å². The summed E-state index contributed by atoms with van der Waals surface area (Å²) in [5.41, 5.74) is -0.822. The molecule has 90 valence electrons. The Balaban J connectivity index is 2.38. The maximum Gasteiger partial charge on any atom is 0.309 e. The van der Waals surface area contributed by atoms with Crippen LogP contribution in [0.15, 0.2) is 24.3 Å². The van der Waals surface area contributed by atoms with E-state index >= 15 is 0 Å². The monoisotopic (exact) mass is 252 g/mol. The molecule has 0 saturated heterocycles. The molecule has 0 amide bonds. The van der Waals surface area contributed by atoms with Crippen LogP contribution < -0.4 is 0 Å². The van der Waals surface area contributed by atoms with Gasteiger partial charge in [0.1, 0.15) is 5.82 Å². The fraction of sp³-hybridized carbons (Fsp3) is 0.308. The standard InChI is InChI=1S/C13H13FO2S/c1-13(2,12(15)16)7-9-6-8-4-3-5-10(14)11(8)17-9/h3-6H,7H2,1-2H3,(H,15,16). The molecule has 4 heteroatoms. The van der Waals surface area contributed by atoms with Crippen molar-refractivity contribution in [2.45, 2.75) is 20.3 Å². The van der Waals surface area contributed by atoms with Crippen LogP contribution in [-0.4, -0.2) is 11.1 Å². The summed E-state index contributed by atoms with van der Waals surface area (Å²) in [5.74, 6) is -1.08. The van der Waals surface area contributed by atoms with Crippen molar-refractivity contribution in [3.05, 3.63) is 35.0 Å². The highest BCUT2D eigenvalue weighted by Crippen LogP contribution is 2.32. The van der Waals surface area contributed by atoms with E-state index in [2.05, 4.69) is 0 Å². The number of halogens is 1. The third-order valence-electron chi connectivity index (χ3n) is 2.74. The van der Waals surface area contributed by atoms with Crippen molar-refractivity contribution in [3.63, 3.8) is 0 Å². The molecular weight excluding hydrogens is 239 g/mol. The molecule has 0 aliphatic heterocycles. The molecule has 1 aromatic carbocycles. The number of thiophene rings is 1. The smallest absolute Gasteiger partial charge is 0.309 e. The van der Waals surface area contributed by atoms with Gasteiger partial charge in [-0.15, -0.1) is 11.3 Å². The molecule has 0 radical (unpaired) electrons. The second-order valence-electron chi connectivity index (χ2n) is 4.74. The maximum atomic E-state index is 13.5. The molecule has 0 aliphatic rings. The van der Waals surface area contributed by atoms with Crippen LogP contribution in [0.4, 0.5) is 4.39 Å². The summed E-state index contributed by atoms with van der Waals surface area (Å²) < 4.78 is 14.1. The minimum Gasteiger partial charge on any atom is -0.481 e. The fourth-order valence-corrected chi connectivity index (χ4v) is 2.97. The number of carbonyl (C=O) groups is 1. The van der Waals surface area contributed by atoms with Crippen molar-refractivity contribution < 1.29 is 14.3 Å². The van der Waals surface area contributed by atoms with Crippen molar-refractivity contribution in [3.8, 4) is 0 Å². The Hall–Kier alpha value is -1.42. The number of carboxylic acids is 1. The van der Waals surface area contributed by atoms with Crippen LogP contribution in [0.5, 0.6) is 0 Å². The largest absolute Gasteiger partial charge is 0.481 e. The zero-order chi connectivity index (χ0) is 12.6. The van der Waals surface area contributed by atoms with Gasteiger partial charge in [-0.25, -0.2) is 4.39 Å². The second-order valence-corrected chi connectivity index (χ2v) is 5.87. The number of hydrogen-bond donors (Lipinski definition) is 1. The molecule has 0 unspecified atom stereocenters. The number of carboxylic acid groups (broad SMARTS) is 1. The van der Waals surface area contributed by atoms with Crippen LogP contribution in [0.25, 0.3) is 10.1 Å². The topological polar surface area (TPSA) is 37.3 Å². The van der Waals surface area contributed by atoms with Gasteiger partial charge in [-0.2, -0.15) is 0 Å². The normalized spacial score (nSPS) is 11.9. The van der Waals surface area contributed by atoms with Crippen LogP contribution in [0.3, 0.4) is 0 Å². The molecule has 1 N–H and O–H groups in total. The average molecular weight is 252 g/mol. The van der Waals surface area contributed by atoms with Crippen molar-refractivity contribution in [2.24, 2.45) is 5.41 Å². The first-order chi connectivity index (χ1) is 7.90.